The number of ether oxygens (including phenoxy) is 1. The van der Waals surface area contributed by atoms with Crippen LogP contribution in [0, 0.1) is 0 Å². The molecule has 0 spiro atoms. The zero-order valence-electron chi connectivity index (χ0n) is 14.6. The number of aromatic nitrogens is 6. The second-order valence-electron chi connectivity index (χ2n) is 6.59. The Balaban J connectivity index is 1.59. The zero-order chi connectivity index (χ0) is 20.2. The van der Waals surface area contributed by atoms with Gasteiger partial charge in [0.05, 0.1) is 23.6 Å². The first-order valence-electron chi connectivity index (χ1n) is 8.60. The van der Waals surface area contributed by atoms with Crippen molar-refractivity contribution in [2.45, 2.75) is 18.8 Å². The lowest BCUT2D eigenvalue weighted by molar-refractivity contribution is -0.137. The van der Waals surface area contributed by atoms with Gasteiger partial charge in [-0.1, -0.05) is 23.7 Å². The average Bonchev–Trinajstić information content (AvgIpc) is 3.31. The van der Waals surface area contributed by atoms with E-state index in [1.807, 2.05) is 4.57 Å². The number of fused-ring (bicyclic) bond motifs is 2. The fourth-order valence-electron chi connectivity index (χ4n) is 3.42. The second kappa shape index (κ2) is 6.53. The first-order chi connectivity index (χ1) is 13.9. The maximum atomic E-state index is 12.9. The number of halogens is 4. The average molecular weight is 421 g/mol. The Labute approximate surface area is 166 Å². The Morgan fingerprint density at radius 1 is 1.17 bits per heavy atom. The summed E-state index contributed by atoms with van der Waals surface area (Å²) >= 11 is 6.11. The molecule has 1 aliphatic rings. The number of rotatable bonds is 2. The van der Waals surface area contributed by atoms with Crippen molar-refractivity contribution >= 4 is 22.6 Å². The van der Waals surface area contributed by atoms with Crippen LogP contribution in [0.2, 0.25) is 5.15 Å². The highest BCUT2D eigenvalue weighted by molar-refractivity contribution is 6.34. The largest absolute Gasteiger partial charge is 0.416 e. The smallest absolute Gasteiger partial charge is 0.371 e. The molecule has 0 saturated heterocycles. The number of aromatic amines is 1. The summed E-state index contributed by atoms with van der Waals surface area (Å²) in [5, 5.41) is 16.1. The normalized spacial score (nSPS) is 16.9. The number of nitrogens with one attached hydrogen (secondary N) is 1. The van der Waals surface area contributed by atoms with E-state index >= 15 is 0 Å². The highest BCUT2D eigenvalue weighted by atomic mass is 35.5. The molecule has 1 aromatic carbocycles. The van der Waals surface area contributed by atoms with Gasteiger partial charge in [0.15, 0.2) is 17.3 Å². The van der Waals surface area contributed by atoms with Gasteiger partial charge in [-0.15, -0.1) is 10.2 Å². The Morgan fingerprint density at radius 3 is 2.72 bits per heavy atom. The summed E-state index contributed by atoms with van der Waals surface area (Å²) in [7, 11) is 0. The van der Waals surface area contributed by atoms with E-state index in [2.05, 4.69) is 25.4 Å². The van der Waals surface area contributed by atoms with Crippen molar-refractivity contribution in [3.8, 4) is 11.4 Å². The Kier molecular flexibility index (Phi) is 4.07. The molecule has 0 amide bonds. The lowest BCUT2D eigenvalue weighted by Crippen LogP contribution is -2.25. The Morgan fingerprint density at radius 2 is 1.97 bits per heavy atom. The second-order valence-corrected chi connectivity index (χ2v) is 6.97. The summed E-state index contributed by atoms with van der Waals surface area (Å²) in [6.07, 6.45) is -2.78. The van der Waals surface area contributed by atoms with Crippen molar-refractivity contribution in [1.82, 2.24) is 29.9 Å². The molecular weight excluding hydrogens is 409 g/mol. The van der Waals surface area contributed by atoms with Gasteiger partial charge < -0.3 is 4.74 Å². The molecule has 0 saturated carbocycles. The number of nitrogens with zero attached hydrogens (tertiary/aromatic N) is 5. The van der Waals surface area contributed by atoms with E-state index in [0.29, 0.717) is 39.0 Å². The highest BCUT2D eigenvalue weighted by Crippen LogP contribution is 2.34. The van der Waals surface area contributed by atoms with Crippen LogP contribution in [0.4, 0.5) is 13.2 Å². The summed E-state index contributed by atoms with van der Waals surface area (Å²) in [6.45, 7) is 0.540. The van der Waals surface area contributed by atoms with E-state index in [9.17, 15) is 13.2 Å². The van der Waals surface area contributed by atoms with Crippen LogP contribution in [0.5, 0.6) is 0 Å². The van der Waals surface area contributed by atoms with Gasteiger partial charge in [0.1, 0.15) is 11.8 Å². The molecule has 0 bridgehead atoms. The molecule has 4 heterocycles. The van der Waals surface area contributed by atoms with E-state index in [-0.39, 0.29) is 19.3 Å². The molecule has 0 fully saturated rings. The van der Waals surface area contributed by atoms with Crippen molar-refractivity contribution < 1.29 is 17.9 Å². The summed E-state index contributed by atoms with van der Waals surface area (Å²) in [4.78, 5) is 4.28. The van der Waals surface area contributed by atoms with Gasteiger partial charge in [-0.3, -0.25) is 9.67 Å². The lowest BCUT2D eigenvalue weighted by Gasteiger charge is -2.27. The number of alkyl halides is 3. The quantitative estimate of drug-likeness (QED) is 0.530. The summed E-state index contributed by atoms with van der Waals surface area (Å²) in [6, 6.07) is 6.44. The van der Waals surface area contributed by atoms with E-state index in [1.54, 1.807) is 12.3 Å². The molecule has 1 N–H and O–H groups in total. The third-order valence-electron chi connectivity index (χ3n) is 4.83. The van der Waals surface area contributed by atoms with Crippen LogP contribution >= 0.6 is 11.6 Å². The minimum Gasteiger partial charge on any atom is -0.371 e. The third-order valence-corrected chi connectivity index (χ3v) is 5.12. The minimum atomic E-state index is -4.39. The highest BCUT2D eigenvalue weighted by Gasteiger charge is 2.32. The van der Waals surface area contributed by atoms with E-state index in [1.165, 1.54) is 12.1 Å². The lowest BCUT2D eigenvalue weighted by atomic mass is 10.0. The fourth-order valence-corrected chi connectivity index (χ4v) is 3.60. The number of pyridine rings is 1. The van der Waals surface area contributed by atoms with Crippen LogP contribution < -0.4 is 0 Å². The van der Waals surface area contributed by atoms with Crippen LogP contribution in [-0.4, -0.2) is 36.6 Å². The van der Waals surface area contributed by atoms with Gasteiger partial charge in [-0.2, -0.15) is 18.3 Å². The molecule has 29 heavy (non-hydrogen) atoms. The van der Waals surface area contributed by atoms with Crippen LogP contribution in [0.1, 0.15) is 23.0 Å². The third kappa shape index (κ3) is 3.04. The van der Waals surface area contributed by atoms with Gasteiger partial charge >= 0.3 is 6.18 Å². The van der Waals surface area contributed by atoms with Gasteiger partial charge in [0, 0.05) is 11.8 Å². The Bertz CT molecular complexity index is 1200. The predicted octanol–water partition coefficient (Wildman–Crippen LogP) is 4.01. The number of hydrogen-bond acceptors (Lipinski definition) is 5. The molecule has 7 nitrogen and oxygen atoms in total. The molecule has 3 aromatic heterocycles. The van der Waals surface area contributed by atoms with Gasteiger partial charge in [-0.05, 0) is 23.8 Å². The predicted molar refractivity (Wildman–Crippen MR) is 97.2 cm³/mol. The van der Waals surface area contributed by atoms with Crippen LogP contribution in [-0.2, 0) is 17.5 Å². The van der Waals surface area contributed by atoms with Crippen molar-refractivity contribution in [1.29, 1.82) is 0 Å². The fraction of sp³-hybridized carbons (Fsp3) is 0.222. The number of H-pyrrole nitrogens is 1. The van der Waals surface area contributed by atoms with Crippen molar-refractivity contribution in [2.75, 3.05) is 6.61 Å². The molecule has 148 valence electrons. The maximum absolute atomic E-state index is 12.9. The van der Waals surface area contributed by atoms with E-state index < -0.39 is 11.7 Å². The molecule has 4 aromatic rings. The molecule has 1 atom stereocenters. The van der Waals surface area contributed by atoms with E-state index in [4.69, 9.17) is 16.3 Å². The van der Waals surface area contributed by atoms with Crippen LogP contribution in [0.25, 0.3) is 22.4 Å². The summed E-state index contributed by atoms with van der Waals surface area (Å²) < 4.78 is 46.1. The van der Waals surface area contributed by atoms with Crippen molar-refractivity contribution in [2.24, 2.45) is 0 Å². The summed E-state index contributed by atoms with van der Waals surface area (Å²) in [5.74, 6) is 1.11. The van der Waals surface area contributed by atoms with Crippen LogP contribution in [0.3, 0.4) is 0 Å². The number of benzene rings is 1. The van der Waals surface area contributed by atoms with E-state index in [0.717, 1.165) is 12.1 Å². The van der Waals surface area contributed by atoms with Crippen molar-refractivity contribution in [3.05, 3.63) is 58.6 Å². The Hall–Kier alpha value is -2.98. The van der Waals surface area contributed by atoms with Gasteiger partial charge in [0.25, 0.3) is 0 Å². The number of hydrogen-bond donors (Lipinski definition) is 1. The maximum Gasteiger partial charge on any atom is 0.416 e. The van der Waals surface area contributed by atoms with Gasteiger partial charge in [0.2, 0.25) is 0 Å². The monoisotopic (exact) mass is 420 g/mol. The van der Waals surface area contributed by atoms with Gasteiger partial charge in [-0.25, -0.2) is 4.98 Å². The molecule has 1 aliphatic heterocycles. The standard InChI is InChI=1S/C18H12ClF3N6O/c19-15-12-5-10(6-23-16(12)26-25-15)17-27-24-14-8-29-7-13(28(14)17)9-1-3-11(4-2-9)18(20,21)22/h1-6,13H,7-8H2,(H,23,25,26). The summed E-state index contributed by atoms with van der Waals surface area (Å²) in [5.41, 5.74) is 1.10. The minimum absolute atomic E-state index is 0.256. The molecule has 1 unspecified atom stereocenters. The molecule has 5 rings (SSSR count). The SMILES string of the molecule is FC(F)(F)c1ccc(C2COCc3nnc(-c4cnc5n[nH]c(Cl)c5c4)n32)cc1. The topological polar surface area (TPSA) is 81.5 Å². The first kappa shape index (κ1) is 18.1. The van der Waals surface area contributed by atoms with Crippen molar-refractivity contribution in [3.63, 3.8) is 0 Å². The van der Waals surface area contributed by atoms with Crippen LogP contribution in [0.15, 0.2) is 36.5 Å². The zero-order valence-corrected chi connectivity index (χ0v) is 15.4. The molecular formula is C18H12ClF3N6O. The first-order valence-corrected chi connectivity index (χ1v) is 8.98. The molecule has 0 aliphatic carbocycles. The molecule has 0 radical (unpaired) electrons. The molecule has 11 heteroatoms.